The highest BCUT2D eigenvalue weighted by Gasteiger charge is 2.35. The summed E-state index contributed by atoms with van der Waals surface area (Å²) in [7, 11) is -2.35. The number of rotatable bonds is 9. The van der Waals surface area contributed by atoms with Gasteiger partial charge < -0.3 is 19.8 Å². The molecule has 38 heavy (non-hydrogen) atoms. The maximum atomic E-state index is 13.2. The van der Waals surface area contributed by atoms with E-state index >= 15 is 0 Å². The van der Waals surface area contributed by atoms with Crippen LogP contribution in [0.5, 0.6) is 5.75 Å². The van der Waals surface area contributed by atoms with Crippen molar-refractivity contribution in [1.82, 2.24) is 19.9 Å². The monoisotopic (exact) mass is 562 g/mol. The van der Waals surface area contributed by atoms with Gasteiger partial charge in [-0.3, -0.25) is 14.4 Å². The lowest BCUT2D eigenvalue weighted by Crippen LogP contribution is -2.52. The molecule has 13 heteroatoms. The average Bonchev–Trinajstić information content (AvgIpc) is 3.53. The first kappa shape index (κ1) is 27.7. The molecule has 3 aromatic rings. The number of fused-ring (bicyclic) bond motifs is 1. The number of ketones is 1. The summed E-state index contributed by atoms with van der Waals surface area (Å²) >= 11 is 0.983. The molecule has 4 rings (SSSR count). The molecular formula is C25H30N4O7S2. The SMILES string of the molecule is COc1ccc2oc(C(=O)N[C@@H](CC(C)C)C(=O)NC3CCCN(S(=O)(=O)c4nccs4)CC3=O)cc2c1. The van der Waals surface area contributed by atoms with E-state index in [0.717, 1.165) is 15.6 Å². The van der Waals surface area contributed by atoms with E-state index in [-0.39, 0.29) is 35.5 Å². The van der Waals surface area contributed by atoms with E-state index in [1.54, 1.807) is 36.8 Å². The topological polar surface area (TPSA) is 148 Å². The second-order valence-corrected chi connectivity index (χ2v) is 12.5. The molecular weight excluding hydrogens is 532 g/mol. The zero-order chi connectivity index (χ0) is 27.4. The maximum absolute atomic E-state index is 13.2. The van der Waals surface area contributed by atoms with Crippen molar-refractivity contribution in [3.05, 3.63) is 41.6 Å². The van der Waals surface area contributed by atoms with E-state index < -0.39 is 39.7 Å². The van der Waals surface area contributed by atoms with Crippen molar-refractivity contribution in [2.45, 2.75) is 49.5 Å². The van der Waals surface area contributed by atoms with Crippen molar-refractivity contribution in [1.29, 1.82) is 0 Å². The number of benzene rings is 1. The number of ether oxygens (including phenoxy) is 1. The molecule has 1 fully saturated rings. The molecule has 3 heterocycles. The Morgan fingerprint density at radius 3 is 2.76 bits per heavy atom. The first-order chi connectivity index (χ1) is 18.1. The second-order valence-electron chi connectivity index (χ2n) is 9.48. The quantitative estimate of drug-likeness (QED) is 0.404. The molecule has 2 N–H and O–H groups in total. The van der Waals surface area contributed by atoms with Gasteiger partial charge in [0.15, 0.2) is 11.5 Å². The lowest BCUT2D eigenvalue weighted by Gasteiger charge is -2.23. The van der Waals surface area contributed by atoms with Gasteiger partial charge in [-0.2, -0.15) is 4.31 Å². The number of amides is 2. The van der Waals surface area contributed by atoms with Crippen molar-refractivity contribution < 1.29 is 32.0 Å². The zero-order valence-corrected chi connectivity index (χ0v) is 22.9. The van der Waals surface area contributed by atoms with Crippen LogP contribution in [0.1, 0.15) is 43.7 Å². The molecule has 0 spiro atoms. The van der Waals surface area contributed by atoms with Crippen LogP contribution in [0.2, 0.25) is 0 Å². The Hall–Kier alpha value is -3.29. The Balaban J connectivity index is 1.44. The molecule has 2 atom stereocenters. The third-order valence-corrected chi connectivity index (χ3v) is 9.21. The molecule has 2 aromatic heterocycles. The number of sulfonamides is 1. The van der Waals surface area contributed by atoms with Crippen LogP contribution in [0.15, 0.2) is 44.6 Å². The van der Waals surface area contributed by atoms with Crippen molar-refractivity contribution in [2.24, 2.45) is 5.92 Å². The molecule has 1 saturated heterocycles. The molecule has 0 radical (unpaired) electrons. The zero-order valence-electron chi connectivity index (χ0n) is 21.3. The van der Waals surface area contributed by atoms with Crippen molar-refractivity contribution in [2.75, 3.05) is 20.2 Å². The second kappa shape index (κ2) is 11.6. The number of carbonyl (C=O) groups excluding carboxylic acids is 3. The number of aromatic nitrogens is 1. The summed E-state index contributed by atoms with van der Waals surface area (Å²) in [4.78, 5) is 43.0. The van der Waals surface area contributed by atoms with Gasteiger partial charge in [-0.1, -0.05) is 13.8 Å². The number of methoxy groups -OCH3 is 1. The van der Waals surface area contributed by atoms with Gasteiger partial charge in [0.25, 0.3) is 15.9 Å². The highest BCUT2D eigenvalue weighted by Crippen LogP contribution is 2.25. The molecule has 1 unspecified atom stereocenters. The van der Waals surface area contributed by atoms with Crippen LogP contribution in [0.3, 0.4) is 0 Å². The van der Waals surface area contributed by atoms with Crippen LogP contribution in [-0.4, -0.2) is 67.6 Å². The molecule has 1 aromatic carbocycles. The molecule has 1 aliphatic rings. The molecule has 0 aliphatic carbocycles. The summed E-state index contributed by atoms with van der Waals surface area (Å²) in [5.74, 6) is -0.767. The van der Waals surface area contributed by atoms with Gasteiger partial charge in [0.2, 0.25) is 10.2 Å². The Bertz CT molecular complexity index is 1420. The van der Waals surface area contributed by atoms with Gasteiger partial charge in [-0.25, -0.2) is 13.4 Å². The minimum absolute atomic E-state index is 0.0448. The number of nitrogens with zero attached hydrogens (tertiary/aromatic N) is 2. The van der Waals surface area contributed by atoms with E-state index in [2.05, 4.69) is 15.6 Å². The number of carbonyl (C=O) groups is 3. The number of furan rings is 1. The third kappa shape index (κ3) is 6.22. The molecule has 0 saturated carbocycles. The highest BCUT2D eigenvalue weighted by molar-refractivity contribution is 7.91. The minimum atomic E-state index is -3.89. The Kier molecular flexibility index (Phi) is 8.48. The summed E-state index contributed by atoms with van der Waals surface area (Å²) in [6, 6.07) is 4.93. The fourth-order valence-corrected chi connectivity index (χ4v) is 6.68. The van der Waals surface area contributed by atoms with Gasteiger partial charge in [0.1, 0.15) is 17.4 Å². The molecule has 1 aliphatic heterocycles. The number of thiazole rings is 1. The average molecular weight is 563 g/mol. The number of nitrogens with one attached hydrogen (secondary N) is 2. The highest BCUT2D eigenvalue weighted by atomic mass is 32.2. The number of hydrogen-bond donors (Lipinski definition) is 2. The van der Waals surface area contributed by atoms with Gasteiger partial charge in [-0.05, 0) is 49.4 Å². The van der Waals surface area contributed by atoms with Gasteiger partial charge in [0.05, 0.1) is 19.7 Å². The largest absolute Gasteiger partial charge is 0.497 e. The van der Waals surface area contributed by atoms with E-state index in [0.29, 0.717) is 29.6 Å². The van der Waals surface area contributed by atoms with Crippen molar-refractivity contribution in [3.63, 3.8) is 0 Å². The first-order valence-corrected chi connectivity index (χ1v) is 14.5. The normalized spacial score (nSPS) is 17.8. The first-order valence-electron chi connectivity index (χ1n) is 12.2. The third-order valence-electron chi connectivity index (χ3n) is 6.18. The maximum Gasteiger partial charge on any atom is 0.287 e. The molecule has 0 bridgehead atoms. The van der Waals surface area contributed by atoms with Crippen LogP contribution in [0, 0.1) is 5.92 Å². The number of hydrogen-bond acceptors (Lipinski definition) is 9. The van der Waals surface area contributed by atoms with Crippen LogP contribution < -0.4 is 15.4 Å². The molecule has 2 amide bonds. The van der Waals surface area contributed by atoms with E-state index in [1.165, 1.54) is 6.20 Å². The fourth-order valence-electron chi connectivity index (χ4n) is 4.27. The van der Waals surface area contributed by atoms with Crippen LogP contribution in [0.4, 0.5) is 0 Å². The summed E-state index contributed by atoms with van der Waals surface area (Å²) in [6.45, 7) is 3.61. The van der Waals surface area contributed by atoms with Gasteiger partial charge >= 0.3 is 0 Å². The van der Waals surface area contributed by atoms with Crippen molar-refractivity contribution in [3.8, 4) is 5.75 Å². The van der Waals surface area contributed by atoms with Crippen LogP contribution >= 0.6 is 11.3 Å². The van der Waals surface area contributed by atoms with Crippen LogP contribution in [0.25, 0.3) is 11.0 Å². The lowest BCUT2D eigenvalue weighted by atomic mass is 10.0. The fraction of sp³-hybridized carbons (Fsp3) is 0.440. The smallest absolute Gasteiger partial charge is 0.287 e. The van der Waals surface area contributed by atoms with Gasteiger partial charge in [0, 0.05) is 23.5 Å². The molecule has 11 nitrogen and oxygen atoms in total. The predicted molar refractivity (Wildman–Crippen MR) is 141 cm³/mol. The summed E-state index contributed by atoms with van der Waals surface area (Å²) in [5.41, 5.74) is 0.502. The summed E-state index contributed by atoms with van der Waals surface area (Å²) in [6.07, 6.45) is 2.38. The predicted octanol–water partition coefficient (Wildman–Crippen LogP) is 2.58. The van der Waals surface area contributed by atoms with Crippen LogP contribution in [-0.2, 0) is 19.6 Å². The van der Waals surface area contributed by atoms with E-state index in [4.69, 9.17) is 9.15 Å². The number of Topliss-reactive ketones (excluding diaryl/α,β-unsaturated/α-hetero) is 1. The Labute approximate surface area is 224 Å². The van der Waals surface area contributed by atoms with E-state index in [1.807, 2.05) is 13.8 Å². The standard InChI is InChI=1S/C25H30N4O7S2/c1-15(2)11-19(28-24(32)22-13-16-12-17(35-3)6-7-21(16)36-22)23(31)27-18-5-4-9-29(14-20(18)30)38(33,34)25-26-8-10-37-25/h6-8,10,12-13,15,18-19H,4-5,9,11,14H2,1-3H3,(H,27,31)(H,28,32)/t18?,19-/m0/s1. The molecule has 204 valence electrons. The van der Waals surface area contributed by atoms with Gasteiger partial charge in [-0.15, -0.1) is 11.3 Å². The van der Waals surface area contributed by atoms with Crippen molar-refractivity contribution >= 4 is 49.9 Å². The summed E-state index contributed by atoms with van der Waals surface area (Å²) in [5, 5.41) is 7.70. The Morgan fingerprint density at radius 2 is 2.08 bits per heavy atom. The lowest BCUT2D eigenvalue weighted by molar-refractivity contribution is -0.129. The minimum Gasteiger partial charge on any atom is -0.497 e. The summed E-state index contributed by atoms with van der Waals surface area (Å²) < 4.78 is 37.6. The van der Waals surface area contributed by atoms with E-state index in [9.17, 15) is 22.8 Å². The Morgan fingerprint density at radius 1 is 1.29 bits per heavy atom.